The molecule has 1 aliphatic rings. The minimum atomic E-state index is -0.654. The lowest BCUT2D eigenvalue weighted by atomic mass is 9.92. The second kappa shape index (κ2) is 9.97. The molecule has 2 heterocycles. The standard InChI is InChI=1S/C22H30ClN3O5/c1-22(2,3)31-21(28)26-10-9-16-17(13-18(23)25-19(16)26)20(27)24-14-5-7-15(8-6-14)30-12-11-29-4/h9-10,13-15H,5-8,11-12H2,1-4H3,(H,24,27)/t14-,15-. The van der Waals surface area contributed by atoms with Gasteiger partial charge in [-0.05, 0) is 58.6 Å². The predicted octanol–water partition coefficient (Wildman–Crippen LogP) is 4.18. The molecule has 8 nitrogen and oxygen atoms in total. The van der Waals surface area contributed by atoms with Crippen molar-refractivity contribution in [3.8, 4) is 0 Å². The molecule has 1 amide bonds. The third-order valence-electron chi connectivity index (χ3n) is 5.11. The Morgan fingerprint density at radius 1 is 1.23 bits per heavy atom. The Bertz CT molecular complexity index is 929. The van der Waals surface area contributed by atoms with Crippen LogP contribution >= 0.6 is 11.6 Å². The van der Waals surface area contributed by atoms with E-state index < -0.39 is 11.7 Å². The van der Waals surface area contributed by atoms with Crippen molar-refractivity contribution in [2.75, 3.05) is 20.3 Å². The van der Waals surface area contributed by atoms with Crippen LogP contribution in [0.25, 0.3) is 11.0 Å². The summed E-state index contributed by atoms with van der Waals surface area (Å²) in [5, 5.41) is 3.77. The molecule has 0 bridgehead atoms. The molecule has 0 unspecified atom stereocenters. The van der Waals surface area contributed by atoms with Crippen molar-refractivity contribution in [1.29, 1.82) is 0 Å². The third-order valence-corrected chi connectivity index (χ3v) is 5.30. The topological polar surface area (TPSA) is 91.7 Å². The number of nitrogens with one attached hydrogen (secondary N) is 1. The number of methoxy groups -OCH3 is 1. The molecule has 170 valence electrons. The van der Waals surface area contributed by atoms with Gasteiger partial charge in [-0.3, -0.25) is 4.79 Å². The van der Waals surface area contributed by atoms with Crippen LogP contribution in [0.3, 0.4) is 0 Å². The Balaban J connectivity index is 1.70. The third kappa shape index (κ3) is 6.18. The first-order valence-corrected chi connectivity index (χ1v) is 10.9. The van der Waals surface area contributed by atoms with Crippen molar-refractivity contribution >= 4 is 34.6 Å². The number of hydrogen-bond acceptors (Lipinski definition) is 6. The average Bonchev–Trinajstić information content (AvgIpc) is 3.11. The van der Waals surface area contributed by atoms with Crippen LogP contribution in [0.1, 0.15) is 56.8 Å². The number of aromatic nitrogens is 2. The summed E-state index contributed by atoms with van der Waals surface area (Å²) in [5.74, 6) is -0.236. The molecule has 0 aliphatic heterocycles. The molecule has 1 N–H and O–H groups in total. The van der Waals surface area contributed by atoms with Gasteiger partial charge >= 0.3 is 6.09 Å². The van der Waals surface area contributed by atoms with Gasteiger partial charge in [0.1, 0.15) is 10.8 Å². The molecule has 1 fully saturated rings. The molecule has 0 saturated heterocycles. The normalized spacial score (nSPS) is 19.4. The Labute approximate surface area is 187 Å². The highest BCUT2D eigenvalue weighted by molar-refractivity contribution is 6.30. The monoisotopic (exact) mass is 451 g/mol. The lowest BCUT2D eigenvalue weighted by Crippen LogP contribution is -2.39. The number of amides is 1. The van der Waals surface area contributed by atoms with Crippen LogP contribution in [0.5, 0.6) is 0 Å². The first-order valence-electron chi connectivity index (χ1n) is 10.5. The first kappa shape index (κ1) is 23.5. The SMILES string of the molecule is COCCO[C@H]1CC[C@H](NC(=O)c2cc(Cl)nc3c2ccn3C(=O)OC(C)(C)C)CC1. The number of carbonyl (C=O) groups is 2. The highest BCUT2D eigenvalue weighted by Crippen LogP contribution is 2.25. The fourth-order valence-electron chi connectivity index (χ4n) is 3.66. The number of halogens is 1. The second-order valence-corrected chi connectivity index (χ2v) is 9.09. The highest BCUT2D eigenvalue weighted by Gasteiger charge is 2.26. The van der Waals surface area contributed by atoms with Gasteiger partial charge in [0.05, 0.1) is 24.9 Å². The minimum absolute atomic E-state index is 0.0599. The molecular weight excluding hydrogens is 422 g/mol. The Morgan fingerprint density at radius 3 is 2.58 bits per heavy atom. The Kier molecular flexibility index (Phi) is 7.56. The number of rotatable bonds is 6. The fraction of sp³-hybridized carbons (Fsp3) is 0.591. The van der Waals surface area contributed by atoms with Gasteiger partial charge in [-0.2, -0.15) is 0 Å². The molecule has 0 atom stereocenters. The van der Waals surface area contributed by atoms with E-state index in [4.69, 9.17) is 25.8 Å². The molecule has 2 aromatic rings. The number of pyridine rings is 1. The summed E-state index contributed by atoms with van der Waals surface area (Å²) < 4.78 is 17.5. The van der Waals surface area contributed by atoms with Crippen molar-refractivity contribution < 1.29 is 23.8 Å². The summed E-state index contributed by atoms with van der Waals surface area (Å²) in [6.07, 6.45) is 4.62. The zero-order chi connectivity index (χ0) is 22.6. The maximum atomic E-state index is 13.0. The van der Waals surface area contributed by atoms with E-state index in [1.807, 2.05) is 0 Å². The molecular formula is C22H30ClN3O5. The van der Waals surface area contributed by atoms with Gasteiger partial charge in [0, 0.05) is 24.7 Å². The van der Waals surface area contributed by atoms with Crippen LogP contribution < -0.4 is 5.32 Å². The fourth-order valence-corrected chi connectivity index (χ4v) is 3.85. The van der Waals surface area contributed by atoms with Crippen LogP contribution in [-0.2, 0) is 14.2 Å². The van der Waals surface area contributed by atoms with Gasteiger partial charge in [0.15, 0.2) is 5.65 Å². The van der Waals surface area contributed by atoms with Gasteiger partial charge in [-0.25, -0.2) is 14.3 Å². The summed E-state index contributed by atoms with van der Waals surface area (Å²) in [4.78, 5) is 29.8. The lowest BCUT2D eigenvalue weighted by molar-refractivity contribution is -0.00408. The number of carbonyl (C=O) groups excluding carboxylic acids is 2. The van der Waals surface area contributed by atoms with Gasteiger partial charge in [-0.15, -0.1) is 0 Å². The Hall–Kier alpha value is -2.16. The molecule has 31 heavy (non-hydrogen) atoms. The van der Waals surface area contributed by atoms with Crippen LogP contribution in [0.15, 0.2) is 18.3 Å². The van der Waals surface area contributed by atoms with Crippen LogP contribution in [0.2, 0.25) is 5.15 Å². The zero-order valence-corrected chi connectivity index (χ0v) is 19.2. The van der Waals surface area contributed by atoms with E-state index in [0.717, 1.165) is 25.7 Å². The number of fused-ring (bicyclic) bond motifs is 1. The second-order valence-electron chi connectivity index (χ2n) is 8.71. The summed E-state index contributed by atoms with van der Waals surface area (Å²) in [6, 6.07) is 3.26. The van der Waals surface area contributed by atoms with E-state index in [2.05, 4.69) is 10.3 Å². The Morgan fingerprint density at radius 2 is 1.94 bits per heavy atom. The van der Waals surface area contributed by atoms with E-state index in [1.165, 1.54) is 10.6 Å². The molecule has 0 spiro atoms. The van der Waals surface area contributed by atoms with Gasteiger partial charge in [0.25, 0.3) is 5.91 Å². The van der Waals surface area contributed by atoms with Crippen LogP contribution in [0.4, 0.5) is 4.79 Å². The zero-order valence-electron chi connectivity index (χ0n) is 18.4. The van der Waals surface area contributed by atoms with Crippen molar-refractivity contribution in [3.63, 3.8) is 0 Å². The predicted molar refractivity (Wildman–Crippen MR) is 118 cm³/mol. The van der Waals surface area contributed by atoms with E-state index in [1.54, 1.807) is 40.1 Å². The van der Waals surface area contributed by atoms with Gasteiger partial charge in [0.2, 0.25) is 0 Å². The maximum absolute atomic E-state index is 13.0. The molecule has 1 aliphatic carbocycles. The highest BCUT2D eigenvalue weighted by atomic mass is 35.5. The largest absolute Gasteiger partial charge is 0.443 e. The molecule has 1 saturated carbocycles. The summed E-state index contributed by atoms with van der Waals surface area (Å²) >= 11 is 6.17. The van der Waals surface area contributed by atoms with Gasteiger partial charge < -0.3 is 19.5 Å². The van der Waals surface area contributed by atoms with E-state index >= 15 is 0 Å². The van der Waals surface area contributed by atoms with E-state index in [-0.39, 0.29) is 23.2 Å². The van der Waals surface area contributed by atoms with Crippen molar-refractivity contribution in [3.05, 3.63) is 29.0 Å². The van der Waals surface area contributed by atoms with Crippen LogP contribution in [-0.4, -0.2) is 59.6 Å². The smallest absolute Gasteiger partial charge is 0.420 e. The molecule has 0 radical (unpaired) electrons. The number of nitrogens with zero attached hydrogens (tertiary/aromatic N) is 2. The quantitative estimate of drug-likeness (QED) is 0.523. The lowest BCUT2D eigenvalue weighted by Gasteiger charge is -2.29. The van der Waals surface area contributed by atoms with E-state index in [0.29, 0.717) is 29.8 Å². The van der Waals surface area contributed by atoms with Gasteiger partial charge in [-0.1, -0.05) is 11.6 Å². The van der Waals surface area contributed by atoms with Crippen molar-refractivity contribution in [2.24, 2.45) is 0 Å². The molecule has 2 aromatic heterocycles. The van der Waals surface area contributed by atoms with Crippen LogP contribution in [0, 0.1) is 0 Å². The van der Waals surface area contributed by atoms with Crippen molar-refractivity contribution in [2.45, 2.75) is 64.2 Å². The van der Waals surface area contributed by atoms with E-state index in [9.17, 15) is 9.59 Å². The number of ether oxygens (including phenoxy) is 3. The summed E-state index contributed by atoms with van der Waals surface area (Å²) in [7, 11) is 1.65. The first-order chi connectivity index (χ1) is 14.7. The molecule has 9 heteroatoms. The maximum Gasteiger partial charge on any atom is 0.420 e. The number of hydrogen-bond donors (Lipinski definition) is 1. The van der Waals surface area contributed by atoms with Crippen molar-refractivity contribution in [1.82, 2.24) is 14.9 Å². The minimum Gasteiger partial charge on any atom is -0.443 e. The summed E-state index contributed by atoms with van der Waals surface area (Å²) in [5.41, 5.74) is 0.0244. The molecule has 0 aromatic carbocycles. The average molecular weight is 452 g/mol. The summed E-state index contributed by atoms with van der Waals surface area (Å²) in [6.45, 7) is 6.52. The molecule has 3 rings (SSSR count).